The van der Waals surface area contributed by atoms with Crippen LogP contribution >= 0.6 is 0 Å². The van der Waals surface area contributed by atoms with Crippen molar-refractivity contribution in [1.29, 1.82) is 0 Å². The van der Waals surface area contributed by atoms with E-state index >= 15 is 0 Å². The van der Waals surface area contributed by atoms with Crippen molar-refractivity contribution in [1.82, 2.24) is 9.88 Å². The first-order valence-corrected chi connectivity index (χ1v) is 6.93. The zero-order valence-corrected chi connectivity index (χ0v) is 11.3. The van der Waals surface area contributed by atoms with Crippen molar-refractivity contribution < 1.29 is 0 Å². The predicted octanol–water partition coefficient (Wildman–Crippen LogP) is 1.80. The molecule has 0 spiro atoms. The fourth-order valence-electron chi connectivity index (χ4n) is 3.23. The SMILES string of the molecule is CNc1cccc(N2CC3CCCN3CC2C)n1. The molecule has 0 bridgehead atoms. The van der Waals surface area contributed by atoms with Crippen LogP contribution in [0.3, 0.4) is 0 Å². The fraction of sp³-hybridized carbons (Fsp3) is 0.643. The Morgan fingerprint density at radius 2 is 2.22 bits per heavy atom. The van der Waals surface area contributed by atoms with Gasteiger partial charge in [-0.1, -0.05) is 6.07 Å². The molecule has 4 nitrogen and oxygen atoms in total. The van der Waals surface area contributed by atoms with E-state index in [0.29, 0.717) is 6.04 Å². The number of nitrogens with one attached hydrogen (secondary N) is 1. The van der Waals surface area contributed by atoms with E-state index in [2.05, 4.69) is 39.2 Å². The molecule has 98 valence electrons. The lowest BCUT2D eigenvalue weighted by Gasteiger charge is -2.43. The normalized spacial score (nSPS) is 28.2. The molecule has 3 heterocycles. The molecule has 0 aliphatic carbocycles. The van der Waals surface area contributed by atoms with E-state index in [9.17, 15) is 0 Å². The topological polar surface area (TPSA) is 31.4 Å². The average molecular weight is 246 g/mol. The van der Waals surface area contributed by atoms with Gasteiger partial charge in [0, 0.05) is 32.2 Å². The number of piperazine rings is 1. The molecule has 1 aromatic rings. The van der Waals surface area contributed by atoms with Gasteiger partial charge >= 0.3 is 0 Å². The molecular formula is C14H22N4. The molecule has 4 heteroatoms. The Hall–Kier alpha value is -1.29. The van der Waals surface area contributed by atoms with Crippen LogP contribution in [0.2, 0.25) is 0 Å². The minimum Gasteiger partial charge on any atom is -0.373 e. The predicted molar refractivity (Wildman–Crippen MR) is 75.2 cm³/mol. The van der Waals surface area contributed by atoms with Crippen LogP contribution in [0, 0.1) is 0 Å². The van der Waals surface area contributed by atoms with E-state index in [-0.39, 0.29) is 0 Å². The van der Waals surface area contributed by atoms with Crippen molar-refractivity contribution in [2.75, 3.05) is 36.9 Å². The summed E-state index contributed by atoms with van der Waals surface area (Å²) in [6, 6.07) is 7.52. The molecule has 2 aliphatic heterocycles. The fourth-order valence-corrected chi connectivity index (χ4v) is 3.23. The molecule has 0 aromatic carbocycles. The molecule has 2 aliphatic rings. The molecule has 0 saturated carbocycles. The summed E-state index contributed by atoms with van der Waals surface area (Å²) in [5.41, 5.74) is 0. The first kappa shape index (κ1) is 11.8. The number of aromatic nitrogens is 1. The van der Waals surface area contributed by atoms with E-state index < -0.39 is 0 Å². The van der Waals surface area contributed by atoms with Crippen molar-refractivity contribution in [3.05, 3.63) is 18.2 Å². The first-order chi connectivity index (χ1) is 8.78. The number of pyridine rings is 1. The van der Waals surface area contributed by atoms with Gasteiger partial charge in [-0.2, -0.15) is 0 Å². The van der Waals surface area contributed by atoms with Crippen LogP contribution < -0.4 is 10.2 Å². The molecule has 2 atom stereocenters. The number of anilines is 2. The van der Waals surface area contributed by atoms with Gasteiger partial charge in [0.1, 0.15) is 11.6 Å². The molecular weight excluding hydrogens is 224 g/mol. The van der Waals surface area contributed by atoms with E-state index in [1.54, 1.807) is 0 Å². The highest BCUT2D eigenvalue weighted by atomic mass is 15.3. The summed E-state index contributed by atoms with van der Waals surface area (Å²) in [5.74, 6) is 2.06. The van der Waals surface area contributed by atoms with Crippen molar-refractivity contribution in [2.45, 2.75) is 31.8 Å². The molecule has 18 heavy (non-hydrogen) atoms. The highest BCUT2D eigenvalue weighted by Gasteiger charge is 2.34. The summed E-state index contributed by atoms with van der Waals surface area (Å²) in [7, 11) is 1.92. The number of rotatable bonds is 2. The van der Waals surface area contributed by atoms with Crippen LogP contribution in [0.4, 0.5) is 11.6 Å². The monoisotopic (exact) mass is 246 g/mol. The molecule has 2 unspecified atom stereocenters. The Bertz CT molecular complexity index is 420. The second-order valence-corrected chi connectivity index (χ2v) is 5.42. The van der Waals surface area contributed by atoms with E-state index in [4.69, 9.17) is 0 Å². The minimum absolute atomic E-state index is 0.555. The lowest BCUT2D eigenvalue weighted by Crippen LogP contribution is -2.55. The maximum atomic E-state index is 4.68. The van der Waals surface area contributed by atoms with Gasteiger partial charge in [-0.05, 0) is 38.4 Å². The minimum atomic E-state index is 0.555. The van der Waals surface area contributed by atoms with Gasteiger partial charge in [-0.3, -0.25) is 4.90 Å². The Morgan fingerprint density at radius 3 is 3.06 bits per heavy atom. The third-order valence-electron chi connectivity index (χ3n) is 4.22. The van der Waals surface area contributed by atoms with Gasteiger partial charge in [-0.15, -0.1) is 0 Å². The maximum absolute atomic E-state index is 4.68. The molecule has 0 amide bonds. The summed E-state index contributed by atoms with van der Waals surface area (Å²) in [5, 5.41) is 3.12. The van der Waals surface area contributed by atoms with Gasteiger partial charge < -0.3 is 10.2 Å². The van der Waals surface area contributed by atoms with Crippen molar-refractivity contribution in [3.8, 4) is 0 Å². The smallest absolute Gasteiger partial charge is 0.131 e. The van der Waals surface area contributed by atoms with Crippen LogP contribution in [0.1, 0.15) is 19.8 Å². The summed E-state index contributed by atoms with van der Waals surface area (Å²) < 4.78 is 0. The van der Waals surface area contributed by atoms with E-state index in [0.717, 1.165) is 24.2 Å². The van der Waals surface area contributed by atoms with Crippen LogP contribution in [-0.2, 0) is 0 Å². The Morgan fingerprint density at radius 1 is 1.33 bits per heavy atom. The van der Waals surface area contributed by atoms with E-state index in [1.807, 2.05) is 13.1 Å². The zero-order chi connectivity index (χ0) is 12.5. The Labute approximate surface area is 109 Å². The van der Waals surface area contributed by atoms with Crippen molar-refractivity contribution in [3.63, 3.8) is 0 Å². The van der Waals surface area contributed by atoms with Crippen LogP contribution in [0.15, 0.2) is 18.2 Å². The third kappa shape index (κ3) is 2.05. The van der Waals surface area contributed by atoms with Crippen molar-refractivity contribution in [2.24, 2.45) is 0 Å². The second-order valence-electron chi connectivity index (χ2n) is 5.42. The summed E-state index contributed by atoms with van der Waals surface area (Å²) >= 11 is 0. The Balaban J connectivity index is 1.81. The highest BCUT2D eigenvalue weighted by Crippen LogP contribution is 2.28. The summed E-state index contributed by atoms with van der Waals surface area (Å²) in [4.78, 5) is 9.78. The lowest BCUT2D eigenvalue weighted by atomic mass is 10.1. The average Bonchev–Trinajstić information content (AvgIpc) is 2.85. The zero-order valence-electron chi connectivity index (χ0n) is 11.3. The summed E-state index contributed by atoms with van der Waals surface area (Å²) in [6.07, 6.45) is 2.70. The Kier molecular flexibility index (Phi) is 3.12. The van der Waals surface area contributed by atoms with Crippen LogP contribution in [0.5, 0.6) is 0 Å². The van der Waals surface area contributed by atoms with Gasteiger partial charge in [-0.25, -0.2) is 4.98 Å². The molecule has 3 rings (SSSR count). The number of nitrogens with zero attached hydrogens (tertiary/aromatic N) is 3. The number of fused-ring (bicyclic) bond motifs is 1. The van der Waals surface area contributed by atoms with E-state index in [1.165, 1.54) is 25.9 Å². The number of hydrogen-bond donors (Lipinski definition) is 1. The third-order valence-corrected chi connectivity index (χ3v) is 4.22. The maximum Gasteiger partial charge on any atom is 0.131 e. The standard InChI is InChI=1S/C14H22N4/c1-11-9-17-8-4-5-12(17)10-18(11)14-7-3-6-13(15-2)16-14/h3,6-7,11-12H,4-5,8-10H2,1-2H3,(H,15,16). The van der Waals surface area contributed by atoms with Gasteiger partial charge in [0.15, 0.2) is 0 Å². The van der Waals surface area contributed by atoms with Gasteiger partial charge in [0.2, 0.25) is 0 Å². The lowest BCUT2D eigenvalue weighted by molar-refractivity contribution is 0.202. The first-order valence-electron chi connectivity index (χ1n) is 6.93. The molecule has 2 saturated heterocycles. The molecule has 0 radical (unpaired) electrons. The van der Waals surface area contributed by atoms with Crippen LogP contribution in [-0.4, -0.2) is 48.6 Å². The molecule has 1 aromatic heterocycles. The van der Waals surface area contributed by atoms with Crippen molar-refractivity contribution >= 4 is 11.6 Å². The quantitative estimate of drug-likeness (QED) is 0.862. The van der Waals surface area contributed by atoms with Gasteiger partial charge in [0.05, 0.1) is 0 Å². The second kappa shape index (κ2) is 4.76. The highest BCUT2D eigenvalue weighted by molar-refractivity contribution is 5.48. The number of hydrogen-bond acceptors (Lipinski definition) is 4. The molecule has 2 fully saturated rings. The van der Waals surface area contributed by atoms with Crippen LogP contribution in [0.25, 0.3) is 0 Å². The summed E-state index contributed by atoms with van der Waals surface area (Å²) in [6.45, 7) is 5.90. The molecule has 1 N–H and O–H groups in total. The largest absolute Gasteiger partial charge is 0.373 e. The van der Waals surface area contributed by atoms with Gasteiger partial charge in [0.25, 0.3) is 0 Å².